The average molecular weight is 225 g/mol. The molecule has 0 unspecified atom stereocenters. The van der Waals surface area contributed by atoms with E-state index in [1.807, 2.05) is 0 Å². The summed E-state index contributed by atoms with van der Waals surface area (Å²) >= 11 is 4.83. The number of thiocarbonyl (C=S) groups is 1. The largest absolute Gasteiger partial charge is 0.872 e. The molecule has 0 radical (unpaired) electrons. The SMILES string of the molecule is CNC(=S)Nc1ccc([O-])c(C(=O)O)c1. The Kier molecular flexibility index (Phi) is 3.46. The summed E-state index contributed by atoms with van der Waals surface area (Å²) in [6.07, 6.45) is 0. The first-order valence-electron chi connectivity index (χ1n) is 4.07. The molecule has 1 aromatic carbocycles. The highest BCUT2D eigenvalue weighted by molar-refractivity contribution is 7.80. The number of carboxylic acid groups (broad SMARTS) is 1. The third-order valence-corrected chi connectivity index (χ3v) is 2.00. The van der Waals surface area contributed by atoms with E-state index in [0.717, 1.165) is 0 Å². The van der Waals surface area contributed by atoms with Gasteiger partial charge in [0, 0.05) is 12.7 Å². The molecule has 0 aliphatic heterocycles. The molecular weight excluding hydrogens is 216 g/mol. The van der Waals surface area contributed by atoms with Gasteiger partial charge in [-0.1, -0.05) is 11.8 Å². The van der Waals surface area contributed by atoms with E-state index < -0.39 is 11.7 Å². The van der Waals surface area contributed by atoms with Gasteiger partial charge in [0.25, 0.3) is 0 Å². The molecule has 3 N–H and O–H groups in total. The first kappa shape index (κ1) is 11.3. The molecule has 0 fully saturated rings. The van der Waals surface area contributed by atoms with Gasteiger partial charge >= 0.3 is 5.97 Å². The van der Waals surface area contributed by atoms with Crippen LogP contribution in [-0.4, -0.2) is 23.2 Å². The molecule has 0 saturated carbocycles. The number of nitrogens with one attached hydrogen (secondary N) is 2. The molecule has 1 aromatic rings. The van der Waals surface area contributed by atoms with Crippen LogP contribution in [-0.2, 0) is 0 Å². The van der Waals surface area contributed by atoms with Crippen molar-refractivity contribution in [2.45, 2.75) is 0 Å². The van der Waals surface area contributed by atoms with Crippen LogP contribution < -0.4 is 15.7 Å². The number of rotatable bonds is 2. The molecule has 0 saturated heterocycles. The van der Waals surface area contributed by atoms with Crippen LogP contribution in [0.3, 0.4) is 0 Å². The van der Waals surface area contributed by atoms with Crippen molar-refractivity contribution in [1.82, 2.24) is 5.32 Å². The van der Waals surface area contributed by atoms with Crippen LogP contribution in [0.4, 0.5) is 5.69 Å². The normalized spacial score (nSPS) is 9.40. The lowest BCUT2D eigenvalue weighted by Gasteiger charge is -2.13. The third-order valence-electron chi connectivity index (χ3n) is 1.69. The van der Waals surface area contributed by atoms with Gasteiger partial charge in [-0.05, 0) is 24.4 Å². The molecule has 0 amide bonds. The monoisotopic (exact) mass is 225 g/mol. The van der Waals surface area contributed by atoms with E-state index in [1.54, 1.807) is 7.05 Å². The summed E-state index contributed by atoms with van der Waals surface area (Å²) in [5, 5.41) is 25.6. The molecule has 0 atom stereocenters. The van der Waals surface area contributed by atoms with Crippen LogP contribution in [0.25, 0.3) is 0 Å². The molecule has 1 rings (SSSR count). The molecule has 0 aliphatic carbocycles. The lowest BCUT2D eigenvalue weighted by molar-refractivity contribution is -0.268. The van der Waals surface area contributed by atoms with Crippen molar-refractivity contribution in [3.05, 3.63) is 23.8 Å². The topological polar surface area (TPSA) is 84.4 Å². The van der Waals surface area contributed by atoms with Crippen LogP contribution in [0.15, 0.2) is 18.2 Å². The predicted octanol–water partition coefficient (Wildman–Crippen LogP) is 0.375. The van der Waals surface area contributed by atoms with Crippen molar-refractivity contribution in [1.29, 1.82) is 0 Å². The molecule has 0 aliphatic rings. The zero-order valence-electron chi connectivity index (χ0n) is 7.90. The highest BCUT2D eigenvalue weighted by Crippen LogP contribution is 2.18. The number of anilines is 1. The minimum Gasteiger partial charge on any atom is -0.872 e. The van der Waals surface area contributed by atoms with Crippen LogP contribution >= 0.6 is 12.2 Å². The van der Waals surface area contributed by atoms with E-state index in [0.29, 0.717) is 10.8 Å². The molecule has 0 spiro atoms. The number of carboxylic acids is 1. The van der Waals surface area contributed by atoms with Gasteiger partial charge in [-0.2, -0.15) is 0 Å². The van der Waals surface area contributed by atoms with Crippen molar-refractivity contribution >= 4 is 29.0 Å². The maximum Gasteiger partial charge on any atom is 0.335 e. The molecular formula is C9H9N2O3S-. The number of aromatic carboxylic acids is 1. The van der Waals surface area contributed by atoms with E-state index in [4.69, 9.17) is 17.3 Å². The summed E-state index contributed by atoms with van der Waals surface area (Å²) < 4.78 is 0. The molecule has 5 nitrogen and oxygen atoms in total. The lowest BCUT2D eigenvalue weighted by Crippen LogP contribution is -2.24. The molecule has 0 aromatic heterocycles. The molecule has 0 heterocycles. The summed E-state index contributed by atoms with van der Waals surface area (Å²) in [4.78, 5) is 10.7. The van der Waals surface area contributed by atoms with Crippen molar-refractivity contribution in [3.8, 4) is 5.75 Å². The van der Waals surface area contributed by atoms with Crippen molar-refractivity contribution < 1.29 is 15.0 Å². The Morgan fingerprint density at radius 1 is 1.53 bits per heavy atom. The summed E-state index contributed by atoms with van der Waals surface area (Å²) in [6.45, 7) is 0. The summed E-state index contributed by atoms with van der Waals surface area (Å²) in [5.41, 5.74) is 0.185. The average Bonchev–Trinajstić information content (AvgIpc) is 2.20. The second-order valence-corrected chi connectivity index (χ2v) is 3.13. The van der Waals surface area contributed by atoms with Crippen LogP contribution in [0.1, 0.15) is 10.4 Å². The fraction of sp³-hybridized carbons (Fsp3) is 0.111. The smallest absolute Gasteiger partial charge is 0.335 e. The van der Waals surface area contributed by atoms with E-state index in [2.05, 4.69) is 10.6 Å². The molecule has 6 heteroatoms. The van der Waals surface area contributed by atoms with Gasteiger partial charge in [0.1, 0.15) is 0 Å². The summed E-state index contributed by atoms with van der Waals surface area (Å²) in [5.74, 6) is -1.78. The van der Waals surface area contributed by atoms with Gasteiger partial charge < -0.3 is 20.8 Å². The lowest BCUT2D eigenvalue weighted by atomic mass is 10.2. The van der Waals surface area contributed by atoms with Gasteiger partial charge in [0.15, 0.2) is 5.11 Å². The van der Waals surface area contributed by atoms with Crippen LogP contribution in [0.2, 0.25) is 0 Å². The fourth-order valence-corrected chi connectivity index (χ4v) is 1.09. The third kappa shape index (κ3) is 2.81. The highest BCUT2D eigenvalue weighted by atomic mass is 32.1. The van der Waals surface area contributed by atoms with Gasteiger partial charge in [-0.15, -0.1) is 0 Å². The van der Waals surface area contributed by atoms with Crippen LogP contribution in [0, 0.1) is 0 Å². The second kappa shape index (κ2) is 4.61. The Bertz CT molecular complexity index is 406. The Hall–Kier alpha value is -1.82. The zero-order valence-corrected chi connectivity index (χ0v) is 8.72. The standard InChI is InChI=1S/C9H10N2O3S/c1-10-9(15)11-5-2-3-7(12)6(4-5)8(13)14/h2-4,12H,1H3,(H,13,14)(H2,10,11,15)/p-1. The minimum absolute atomic E-state index is 0.279. The summed E-state index contributed by atoms with van der Waals surface area (Å²) in [7, 11) is 1.63. The minimum atomic E-state index is -1.25. The van der Waals surface area contributed by atoms with Gasteiger partial charge in [0.05, 0.1) is 5.56 Å². The Labute approximate surface area is 91.7 Å². The second-order valence-electron chi connectivity index (χ2n) is 2.72. The van der Waals surface area contributed by atoms with Crippen LogP contribution in [0.5, 0.6) is 5.75 Å². The Morgan fingerprint density at radius 2 is 2.20 bits per heavy atom. The molecule has 15 heavy (non-hydrogen) atoms. The number of benzene rings is 1. The number of hydrogen-bond acceptors (Lipinski definition) is 3. The number of carbonyl (C=O) groups is 1. The van der Waals surface area contributed by atoms with Gasteiger partial charge in [0.2, 0.25) is 0 Å². The first-order valence-corrected chi connectivity index (χ1v) is 4.48. The quantitative estimate of drug-likeness (QED) is 0.631. The van der Waals surface area contributed by atoms with Crippen molar-refractivity contribution in [2.75, 3.05) is 12.4 Å². The van der Waals surface area contributed by atoms with Crippen molar-refractivity contribution in [3.63, 3.8) is 0 Å². The van der Waals surface area contributed by atoms with E-state index >= 15 is 0 Å². The predicted molar refractivity (Wildman–Crippen MR) is 58.1 cm³/mol. The molecule has 0 bridgehead atoms. The Morgan fingerprint density at radius 3 is 2.73 bits per heavy atom. The maximum atomic E-state index is 11.1. The first-order chi connectivity index (χ1) is 7.04. The number of hydrogen-bond donors (Lipinski definition) is 3. The maximum absolute atomic E-state index is 11.1. The zero-order chi connectivity index (χ0) is 11.4. The van der Waals surface area contributed by atoms with E-state index in [-0.39, 0.29) is 5.56 Å². The Balaban J connectivity index is 2.97. The van der Waals surface area contributed by atoms with Gasteiger partial charge in [-0.3, -0.25) is 0 Å². The molecule has 80 valence electrons. The fourth-order valence-electron chi connectivity index (χ4n) is 0.968. The van der Waals surface area contributed by atoms with Crippen molar-refractivity contribution in [2.24, 2.45) is 0 Å². The van der Waals surface area contributed by atoms with E-state index in [9.17, 15) is 9.90 Å². The highest BCUT2D eigenvalue weighted by Gasteiger charge is 2.05. The van der Waals surface area contributed by atoms with E-state index in [1.165, 1.54) is 18.2 Å². The van der Waals surface area contributed by atoms with Gasteiger partial charge in [-0.25, -0.2) is 4.79 Å². The summed E-state index contributed by atoms with van der Waals surface area (Å²) in [6, 6.07) is 3.90.